The maximum Gasteiger partial charge on any atom is 0.332 e. The quantitative estimate of drug-likeness (QED) is 0.329. The fourth-order valence-electron chi connectivity index (χ4n) is 0.564. The summed E-state index contributed by atoms with van der Waals surface area (Å²) in [6.07, 6.45) is -2.60. The summed E-state index contributed by atoms with van der Waals surface area (Å²) in [7, 11) is -3.96. The number of hydrogen-bond acceptors (Lipinski definition) is 5. The zero-order chi connectivity index (χ0) is 10.5. The summed E-state index contributed by atoms with van der Waals surface area (Å²) >= 11 is 0. The fourth-order valence-corrected chi connectivity index (χ4v) is 1.44. The van der Waals surface area contributed by atoms with Gasteiger partial charge in [-0.25, -0.2) is 4.79 Å². The topological polar surface area (TPSA) is 124 Å². The molecular formula is C5H11O7P. The normalized spacial score (nSPS) is 17.8. The average Bonchev–Trinajstić information content (AvgIpc) is 2.00. The van der Waals surface area contributed by atoms with Crippen molar-refractivity contribution in [3.05, 3.63) is 0 Å². The van der Waals surface area contributed by atoms with E-state index in [9.17, 15) is 9.36 Å². The van der Waals surface area contributed by atoms with Gasteiger partial charge in [-0.2, -0.15) is 0 Å². The summed E-state index contributed by atoms with van der Waals surface area (Å²) in [5.74, 6) is -1.47. The molecule has 2 atom stereocenters. The lowest BCUT2D eigenvalue weighted by Gasteiger charge is -2.10. The number of carboxylic acid groups (broad SMARTS) is 1. The maximum absolute atomic E-state index is 10.8. The second kappa shape index (κ2) is 5.31. The molecule has 8 heteroatoms. The highest BCUT2D eigenvalue weighted by molar-refractivity contribution is 7.52. The van der Waals surface area contributed by atoms with Crippen molar-refractivity contribution in [2.45, 2.75) is 12.5 Å². The van der Waals surface area contributed by atoms with Gasteiger partial charge >= 0.3 is 13.6 Å². The van der Waals surface area contributed by atoms with E-state index in [0.29, 0.717) is 0 Å². The Morgan fingerprint density at radius 3 is 2.46 bits per heavy atom. The molecule has 0 amide bonds. The van der Waals surface area contributed by atoms with Crippen LogP contribution in [-0.2, 0) is 13.9 Å². The Balaban J connectivity index is 3.87. The molecule has 0 rings (SSSR count). The van der Waals surface area contributed by atoms with E-state index in [-0.39, 0.29) is 0 Å². The van der Waals surface area contributed by atoms with E-state index in [1.165, 1.54) is 0 Å². The molecule has 1 unspecified atom stereocenters. The van der Waals surface area contributed by atoms with E-state index in [1.54, 1.807) is 0 Å². The van der Waals surface area contributed by atoms with E-state index in [0.717, 1.165) is 0 Å². The molecule has 0 saturated carbocycles. The molecule has 0 aromatic rings. The number of aliphatic carboxylic acids is 1. The summed E-state index contributed by atoms with van der Waals surface area (Å²) in [6, 6.07) is 0. The van der Waals surface area contributed by atoms with E-state index in [1.807, 2.05) is 0 Å². The number of carbonyl (C=O) groups is 1. The molecule has 0 fully saturated rings. The van der Waals surface area contributed by atoms with Crippen molar-refractivity contribution in [2.24, 2.45) is 0 Å². The van der Waals surface area contributed by atoms with Crippen LogP contribution in [0.4, 0.5) is 0 Å². The Bertz CT molecular complexity index is 215. The minimum atomic E-state index is -3.96. The molecule has 78 valence electrons. The molecule has 4 N–H and O–H groups in total. The first-order chi connectivity index (χ1) is 5.89. The third kappa shape index (κ3) is 5.73. The van der Waals surface area contributed by atoms with Crippen LogP contribution in [0.25, 0.3) is 0 Å². The molecular weight excluding hydrogens is 203 g/mol. The van der Waals surface area contributed by atoms with Crippen molar-refractivity contribution in [3.63, 3.8) is 0 Å². The van der Waals surface area contributed by atoms with Gasteiger partial charge in [-0.1, -0.05) is 0 Å². The zero-order valence-corrected chi connectivity index (χ0v) is 7.55. The maximum atomic E-state index is 10.8. The summed E-state index contributed by atoms with van der Waals surface area (Å²) in [4.78, 5) is 18.9. The molecule has 0 aromatic carbocycles. The van der Waals surface area contributed by atoms with Gasteiger partial charge in [-0.15, -0.1) is 0 Å². The number of carboxylic acids is 1. The van der Waals surface area contributed by atoms with Crippen molar-refractivity contribution in [2.75, 3.05) is 13.0 Å². The van der Waals surface area contributed by atoms with E-state index in [4.69, 9.17) is 20.2 Å². The standard InChI is InChI=1S/C5H11O7P/c6-3-12-13(10,11)2-1-4(7)5(8)9/h4,6-7H,1-3H2,(H,8,9)(H,10,11)/t4-/m1/s1. The first-order valence-electron chi connectivity index (χ1n) is 3.37. The van der Waals surface area contributed by atoms with Crippen LogP contribution in [0.3, 0.4) is 0 Å². The van der Waals surface area contributed by atoms with Gasteiger partial charge in [0.1, 0.15) is 0 Å². The van der Waals surface area contributed by atoms with E-state index in [2.05, 4.69) is 4.52 Å². The van der Waals surface area contributed by atoms with Gasteiger partial charge in [0, 0.05) is 0 Å². The van der Waals surface area contributed by atoms with Crippen LogP contribution in [-0.4, -0.2) is 45.2 Å². The van der Waals surface area contributed by atoms with Gasteiger partial charge in [0.2, 0.25) is 0 Å². The highest BCUT2D eigenvalue weighted by Crippen LogP contribution is 2.42. The van der Waals surface area contributed by atoms with Gasteiger partial charge in [0.25, 0.3) is 0 Å². The molecule has 7 nitrogen and oxygen atoms in total. The van der Waals surface area contributed by atoms with Crippen molar-refractivity contribution in [1.82, 2.24) is 0 Å². The number of hydrogen-bond donors (Lipinski definition) is 4. The van der Waals surface area contributed by atoms with Crippen molar-refractivity contribution in [1.29, 1.82) is 0 Å². The second-order valence-electron chi connectivity index (χ2n) is 2.26. The van der Waals surface area contributed by atoms with Crippen LogP contribution in [0.1, 0.15) is 6.42 Å². The SMILES string of the molecule is O=C(O)[C@H](O)CCP(=O)(O)OCO. The Kier molecular flexibility index (Phi) is 5.12. The second-order valence-corrected chi connectivity index (χ2v) is 4.24. The van der Waals surface area contributed by atoms with E-state index >= 15 is 0 Å². The van der Waals surface area contributed by atoms with E-state index < -0.39 is 39.0 Å². The summed E-state index contributed by atoms with van der Waals surface area (Å²) in [6.45, 7) is -0.920. The van der Waals surface area contributed by atoms with Crippen LogP contribution < -0.4 is 0 Å². The van der Waals surface area contributed by atoms with Gasteiger partial charge in [0.05, 0.1) is 6.16 Å². The monoisotopic (exact) mass is 214 g/mol. The third-order valence-corrected chi connectivity index (χ3v) is 2.57. The Hall–Kier alpha value is -0.460. The van der Waals surface area contributed by atoms with Crippen LogP contribution in [0.15, 0.2) is 0 Å². The Morgan fingerprint density at radius 2 is 2.08 bits per heavy atom. The van der Waals surface area contributed by atoms with Crippen molar-refractivity contribution < 1.29 is 34.1 Å². The van der Waals surface area contributed by atoms with Gasteiger partial charge < -0.3 is 20.2 Å². The molecule has 0 saturated heterocycles. The molecule has 0 aliphatic carbocycles. The van der Waals surface area contributed by atoms with Crippen molar-refractivity contribution >= 4 is 13.6 Å². The summed E-state index contributed by atoms with van der Waals surface area (Å²) < 4.78 is 14.8. The molecule has 0 radical (unpaired) electrons. The molecule has 0 heterocycles. The minimum absolute atomic E-state index is 0.400. The average molecular weight is 214 g/mol. The predicted octanol–water partition coefficient (Wildman–Crippen LogP) is -1.03. The molecule has 0 spiro atoms. The molecule has 13 heavy (non-hydrogen) atoms. The molecule has 0 aliphatic rings. The van der Waals surface area contributed by atoms with Crippen LogP contribution in [0.2, 0.25) is 0 Å². The smallest absolute Gasteiger partial charge is 0.332 e. The largest absolute Gasteiger partial charge is 0.479 e. The first kappa shape index (κ1) is 12.5. The highest BCUT2D eigenvalue weighted by atomic mass is 31.2. The highest BCUT2D eigenvalue weighted by Gasteiger charge is 2.23. The number of aliphatic hydroxyl groups is 2. The number of rotatable bonds is 6. The Labute approximate surface area is 74.1 Å². The predicted molar refractivity (Wildman–Crippen MR) is 41.1 cm³/mol. The third-order valence-electron chi connectivity index (χ3n) is 1.23. The lowest BCUT2D eigenvalue weighted by Crippen LogP contribution is -2.20. The lowest BCUT2D eigenvalue weighted by molar-refractivity contribution is -0.146. The van der Waals surface area contributed by atoms with Crippen LogP contribution >= 0.6 is 7.60 Å². The first-order valence-corrected chi connectivity index (χ1v) is 5.13. The zero-order valence-electron chi connectivity index (χ0n) is 6.66. The van der Waals surface area contributed by atoms with Crippen molar-refractivity contribution in [3.8, 4) is 0 Å². The molecule has 0 aromatic heterocycles. The van der Waals surface area contributed by atoms with Gasteiger partial charge in [-0.05, 0) is 6.42 Å². The minimum Gasteiger partial charge on any atom is -0.479 e. The van der Waals surface area contributed by atoms with Crippen LogP contribution in [0.5, 0.6) is 0 Å². The van der Waals surface area contributed by atoms with Gasteiger partial charge in [0.15, 0.2) is 12.9 Å². The Morgan fingerprint density at radius 1 is 1.54 bits per heavy atom. The number of aliphatic hydroxyl groups excluding tert-OH is 2. The summed E-state index contributed by atoms with van der Waals surface area (Å²) in [5, 5.41) is 25.0. The molecule has 0 aliphatic heterocycles. The summed E-state index contributed by atoms with van der Waals surface area (Å²) in [5.41, 5.74) is 0. The van der Waals surface area contributed by atoms with Gasteiger partial charge in [-0.3, -0.25) is 9.09 Å². The van der Waals surface area contributed by atoms with Crippen LogP contribution in [0, 0.1) is 0 Å². The molecule has 0 bridgehead atoms. The fraction of sp³-hybridized carbons (Fsp3) is 0.800. The lowest BCUT2D eigenvalue weighted by atomic mass is 10.3.